The number of aryl methyl sites for hydroxylation is 2. The van der Waals surface area contributed by atoms with Gasteiger partial charge in [-0.2, -0.15) is 0 Å². The number of methoxy groups -OCH3 is 1. The molecule has 0 aliphatic heterocycles. The Morgan fingerprint density at radius 1 is 1.12 bits per heavy atom. The molecule has 6 nitrogen and oxygen atoms in total. The Bertz CT molecular complexity index is 755. The smallest absolute Gasteiger partial charge is 0.272 e. The third-order valence-corrected chi connectivity index (χ3v) is 3.95. The fourth-order valence-electron chi connectivity index (χ4n) is 2.79. The highest BCUT2D eigenvalue weighted by molar-refractivity contribution is 5.92. The van der Waals surface area contributed by atoms with Gasteiger partial charge >= 0.3 is 0 Å². The minimum atomic E-state index is -0.0570. The largest absolute Gasteiger partial charge is 0.495 e. The van der Waals surface area contributed by atoms with Crippen LogP contribution in [-0.2, 0) is 0 Å². The van der Waals surface area contributed by atoms with Crippen molar-refractivity contribution in [3.63, 3.8) is 0 Å². The molecular formula is C20H28N4O2. The summed E-state index contributed by atoms with van der Waals surface area (Å²) in [4.78, 5) is 23.6. The summed E-state index contributed by atoms with van der Waals surface area (Å²) in [5.41, 5.74) is 3.02. The molecule has 0 saturated carbocycles. The first-order chi connectivity index (χ1) is 12.5. The Hall–Kier alpha value is -2.63. The summed E-state index contributed by atoms with van der Waals surface area (Å²) in [6, 6.07) is 7.57. The summed E-state index contributed by atoms with van der Waals surface area (Å²) in [6.07, 6.45) is 1.84. The van der Waals surface area contributed by atoms with Crippen molar-refractivity contribution in [3.8, 4) is 5.75 Å². The van der Waals surface area contributed by atoms with E-state index >= 15 is 0 Å². The molecule has 1 aromatic heterocycles. The standard InChI is InChI=1S/C20H28N4O2/c1-6-10-24(11-7-2)19(25)17-13-15(4)21-20(23-17)22-16-12-14(3)8-9-18(16)26-5/h8-9,12-13H,6-7,10-11H2,1-5H3,(H,21,22,23). The van der Waals surface area contributed by atoms with Gasteiger partial charge in [-0.25, -0.2) is 9.97 Å². The summed E-state index contributed by atoms with van der Waals surface area (Å²) in [7, 11) is 1.62. The van der Waals surface area contributed by atoms with E-state index in [1.807, 2.05) is 36.9 Å². The van der Waals surface area contributed by atoms with E-state index in [4.69, 9.17) is 4.74 Å². The van der Waals surface area contributed by atoms with Crippen molar-refractivity contribution >= 4 is 17.5 Å². The van der Waals surface area contributed by atoms with Crippen molar-refractivity contribution in [1.29, 1.82) is 0 Å². The van der Waals surface area contributed by atoms with E-state index in [0.29, 0.717) is 17.4 Å². The fraction of sp³-hybridized carbons (Fsp3) is 0.450. The van der Waals surface area contributed by atoms with E-state index in [1.54, 1.807) is 13.2 Å². The maximum atomic E-state index is 12.8. The van der Waals surface area contributed by atoms with Gasteiger partial charge in [-0.3, -0.25) is 4.79 Å². The number of aromatic nitrogens is 2. The molecule has 0 aliphatic rings. The summed E-state index contributed by atoms with van der Waals surface area (Å²) in [5, 5.41) is 3.19. The lowest BCUT2D eigenvalue weighted by atomic mass is 10.2. The Balaban J connectivity index is 2.32. The maximum absolute atomic E-state index is 12.8. The monoisotopic (exact) mass is 356 g/mol. The van der Waals surface area contributed by atoms with Crippen LogP contribution >= 0.6 is 0 Å². The first kappa shape index (κ1) is 19.7. The lowest BCUT2D eigenvalue weighted by molar-refractivity contribution is 0.0749. The first-order valence-electron chi connectivity index (χ1n) is 9.05. The number of carbonyl (C=O) groups is 1. The zero-order valence-corrected chi connectivity index (χ0v) is 16.3. The molecule has 0 atom stereocenters. The van der Waals surface area contributed by atoms with Crippen molar-refractivity contribution in [1.82, 2.24) is 14.9 Å². The Morgan fingerprint density at radius 3 is 2.42 bits per heavy atom. The molecule has 0 spiro atoms. The number of nitrogens with one attached hydrogen (secondary N) is 1. The van der Waals surface area contributed by atoms with Crippen LogP contribution in [0.25, 0.3) is 0 Å². The molecule has 26 heavy (non-hydrogen) atoms. The average molecular weight is 356 g/mol. The van der Waals surface area contributed by atoms with Crippen molar-refractivity contribution in [2.45, 2.75) is 40.5 Å². The molecule has 0 radical (unpaired) electrons. The van der Waals surface area contributed by atoms with Crippen molar-refractivity contribution < 1.29 is 9.53 Å². The Labute approximate surface area is 155 Å². The number of benzene rings is 1. The van der Waals surface area contributed by atoms with Gasteiger partial charge in [0.15, 0.2) is 0 Å². The molecule has 0 unspecified atom stereocenters. The zero-order valence-electron chi connectivity index (χ0n) is 16.3. The minimum absolute atomic E-state index is 0.0570. The van der Waals surface area contributed by atoms with Gasteiger partial charge in [-0.05, 0) is 50.5 Å². The molecule has 0 saturated heterocycles. The van der Waals surface area contributed by atoms with Crippen LogP contribution in [-0.4, -0.2) is 41.0 Å². The lowest BCUT2D eigenvalue weighted by Crippen LogP contribution is -2.33. The summed E-state index contributed by atoms with van der Waals surface area (Å²) < 4.78 is 5.39. The highest BCUT2D eigenvalue weighted by Gasteiger charge is 2.18. The van der Waals surface area contributed by atoms with Crippen LogP contribution in [0.15, 0.2) is 24.3 Å². The number of hydrogen-bond donors (Lipinski definition) is 1. The second-order valence-electron chi connectivity index (χ2n) is 6.34. The molecule has 1 N–H and O–H groups in total. The molecule has 140 valence electrons. The van der Waals surface area contributed by atoms with Gasteiger partial charge in [-0.1, -0.05) is 19.9 Å². The van der Waals surface area contributed by atoms with Crippen LogP contribution in [0, 0.1) is 13.8 Å². The zero-order chi connectivity index (χ0) is 19.1. The average Bonchev–Trinajstić information content (AvgIpc) is 2.60. The predicted molar refractivity (Wildman–Crippen MR) is 104 cm³/mol. The summed E-state index contributed by atoms with van der Waals surface area (Å²) >= 11 is 0. The number of nitrogens with zero attached hydrogens (tertiary/aromatic N) is 3. The van der Waals surface area contributed by atoms with Gasteiger partial charge in [0.25, 0.3) is 5.91 Å². The van der Waals surface area contributed by atoms with Crippen LogP contribution in [0.5, 0.6) is 5.75 Å². The molecule has 1 aromatic carbocycles. The van der Waals surface area contributed by atoms with E-state index in [9.17, 15) is 4.79 Å². The second kappa shape index (κ2) is 9.17. The van der Waals surface area contributed by atoms with Gasteiger partial charge in [0, 0.05) is 18.8 Å². The molecule has 6 heteroatoms. The van der Waals surface area contributed by atoms with E-state index in [0.717, 1.165) is 42.9 Å². The number of carbonyl (C=O) groups excluding carboxylic acids is 1. The molecule has 1 amide bonds. The molecule has 2 rings (SSSR count). The van der Waals surface area contributed by atoms with Gasteiger partial charge in [-0.15, -0.1) is 0 Å². The Morgan fingerprint density at radius 2 is 1.81 bits per heavy atom. The quantitative estimate of drug-likeness (QED) is 0.771. The third-order valence-electron chi connectivity index (χ3n) is 3.95. The van der Waals surface area contributed by atoms with E-state index in [1.165, 1.54) is 0 Å². The number of ether oxygens (including phenoxy) is 1. The van der Waals surface area contributed by atoms with Crippen LogP contribution in [0.3, 0.4) is 0 Å². The maximum Gasteiger partial charge on any atom is 0.272 e. The number of anilines is 2. The van der Waals surface area contributed by atoms with Crippen LogP contribution in [0.4, 0.5) is 11.6 Å². The van der Waals surface area contributed by atoms with Crippen molar-refractivity contribution in [3.05, 3.63) is 41.2 Å². The van der Waals surface area contributed by atoms with Crippen LogP contribution < -0.4 is 10.1 Å². The van der Waals surface area contributed by atoms with E-state index in [-0.39, 0.29) is 5.91 Å². The first-order valence-corrected chi connectivity index (χ1v) is 9.05. The number of amides is 1. The normalized spacial score (nSPS) is 10.5. The summed E-state index contributed by atoms with van der Waals surface area (Å²) in [5.74, 6) is 1.04. The van der Waals surface area contributed by atoms with Crippen molar-refractivity contribution in [2.24, 2.45) is 0 Å². The number of rotatable bonds is 8. The van der Waals surface area contributed by atoms with Crippen molar-refractivity contribution in [2.75, 3.05) is 25.5 Å². The number of hydrogen-bond acceptors (Lipinski definition) is 5. The molecule has 1 heterocycles. The topological polar surface area (TPSA) is 67.4 Å². The van der Waals surface area contributed by atoms with Gasteiger partial charge in [0.2, 0.25) is 5.95 Å². The lowest BCUT2D eigenvalue weighted by Gasteiger charge is -2.21. The van der Waals surface area contributed by atoms with Gasteiger partial charge in [0.05, 0.1) is 12.8 Å². The molecule has 0 aliphatic carbocycles. The minimum Gasteiger partial charge on any atom is -0.495 e. The molecular weight excluding hydrogens is 328 g/mol. The molecule has 0 fully saturated rings. The molecule has 2 aromatic rings. The summed E-state index contributed by atoms with van der Waals surface area (Å²) in [6.45, 7) is 9.45. The van der Waals surface area contributed by atoms with Crippen LogP contribution in [0.1, 0.15) is 48.4 Å². The SMILES string of the molecule is CCCN(CCC)C(=O)c1cc(C)nc(Nc2cc(C)ccc2OC)n1. The highest BCUT2D eigenvalue weighted by Crippen LogP contribution is 2.27. The predicted octanol–water partition coefficient (Wildman–Crippen LogP) is 4.11. The molecule has 0 bridgehead atoms. The highest BCUT2D eigenvalue weighted by atomic mass is 16.5. The second-order valence-corrected chi connectivity index (χ2v) is 6.34. The van der Waals surface area contributed by atoms with E-state index in [2.05, 4.69) is 29.1 Å². The third kappa shape index (κ3) is 4.94. The fourth-order valence-corrected chi connectivity index (χ4v) is 2.79. The Kier molecular flexibility index (Phi) is 6.95. The van der Waals surface area contributed by atoms with Gasteiger partial charge < -0.3 is 15.0 Å². The van der Waals surface area contributed by atoms with Crippen LogP contribution in [0.2, 0.25) is 0 Å². The van der Waals surface area contributed by atoms with E-state index < -0.39 is 0 Å². The van der Waals surface area contributed by atoms with Gasteiger partial charge in [0.1, 0.15) is 11.4 Å².